The van der Waals surface area contributed by atoms with Crippen LogP contribution in [0.2, 0.25) is 0 Å². The Bertz CT molecular complexity index is 406. The maximum absolute atomic E-state index is 5.40. The molecule has 3 fully saturated rings. The molecule has 0 aromatic carbocycles. The molecule has 98 valence electrons. The van der Waals surface area contributed by atoms with Gasteiger partial charge in [0.1, 0.15) is 0 Å². The number of hydrogen-bond donors (Lipinski definition) is 1. The van der Waals surface area contributed by atoms with E-state index in [1.165, 1.54) is 38.5 Å². The third kappa shape index (κ3) is 2.44. The first-order chi connectivity index (χ1) is 8.90. The van der Waals surface area contributed by atoms with E-state index in [9.17, 15) is 0 Å². The summed E-state index contributed by atoms with van der Waals surface area (Å²) in [4.78, 5) is 4.63. The minimum absolute atomic E-state index is 0.610. The molecule has 0 spiro atoms. The highest BCUT2D eigenvalue weighted by Gasteiger charge is 2.44. The van der Waals surface area contributed by atoms with Crippen LogP contribution < -0.4 is 5.32 Å². The van der Waals surface area contributed by atoms with E-state index in [-0.39, 0.29) is 0 Å². The van der Waals surface area contributed by atoms with E-state index in [0.717, 1.165) is 42.6 Å². The minimum atomic E-state index is 0.610. The van der Waals surface area contributed by atoms with Gasteiger partial charge in [0.05, 0.1) is 0 Å². The molecule has 1 N–H and O–H groups in total. The van der Waals surface area contributed by atoms with Crippen LogP contribution in [-0.2, 0) is 6.42 Å². The number of aromatic nitrogens is 2. The molecule has 0 saturated heterocycles. The van der Waals surface area contributed by atoms with Crippen LogP contribution in [0.1, 0.15) is 56.2 Å². The van der Waals surface area contributed by atoms with E-state index in [0.29, 0.717) is 5.92 Å². The van der Waals surface area contributed by atoms with Gasteiger partial charge in [-0.25, -0.2) is 0 Å². The summed E-state index contributed by atoms with van der Waals surface area (Å²) in [5.41, 5.74) is 0. The lowest BCUT2D eigenvalue weighted by Crippen LogP contribution is -2.19. The van der Waals surface area contributed by atoms with Crippen LogP contribution in [0.15, 0.2) is 4.52 Å². The summed E-state index contributed by atoms with van der Waals surface area (Å²) in [7, 11) is 0. The Morgan fingerprint density at radius 1 is 1.11 bits per heavy atom. The molecule has 3 aliphatic rings. The van der Waals surface area contributed by atoms with Crippen molar-refractivity contribution in [1.29, 1.82) is 0 Å². The highest BCUT2D eigenvalue weighted by molar-refractivity contribution is 5.08. The van der Waals surface area contributed by atoms with Crippen LogP contribution >= 0.6 is 0 Å². The fraction of sp³-hybridized carbons (Fsp3) is 0.857. The molecule has 4 rings (SSSR count). The monoisotopic (exact) mass is 247 g/mol. The van der Waals surface area contributed by atoms with Gasteiger partial charge in [-0.3, -0.25) is 0 Å². The summed E-state index contributed by atoms with van der Waals surface area (Å²) in [6.07, 6.45) is 9.03. The molecule has 0 bridgehead atoms. The van der Waals surface area contributed by atoms with Crippen LogP contribution in [0, 0.1) is 11.8 Å². The molecule has 4 heteroatoms. The molecule has 1 aromatic heterocycles. The largest absolute Gasteiger partial charge is 0.339 e. The average Bonchev–Trinajstić information content (AvgIpc) is 3.20. The summed E-state index contributed by atoms with van der Waals surface area (Å²) in [6.45, 7) is 0.976. The SMILES string of the molecule is C(Cc1nc(C(C2CC2)C2CC2)no1)NC1CC1. The second kappa shape index (κ2) is 4.34. The molecule has 0 amide bonds. The van der Waals surface area contributed by atoms with Crippen LogP contribution in [0.3, 0.4) is 0 Å². The molecule has 18 heavy (non-hydrogen) atoms. The van der Waals surface area contributed by atoms with Crippen molar-refractivity contribution in [3.05, 3.63) is 11.7 Å². The van der Waals surface area contributed by atoms with Crippen molar-refractivity contribution in [2.24, 2.45) is 11.8 Å². The van der Waals surface area contributed by atoms with Crippen molar-refractivity contribution in [2.45, 2.75) is 56.9 Å². The van der Waals surface area contributed by atoms with E-state index in [1.807, 2.05) is 0 Å². The third-order valence-electron chi connectivity index (χ3n) is 4.39. The fourth-order valence-electron chi connectivity index (χ4n) is 2.89. The molecule has 1 heterocycles. The van der Waals surface area contributed by atoms with Gasteiger partial charge >= 0.3 is 0 Å². The highest BCUT2D eigenvalue weighted by atomic mass is 16.5. The number of nitrogens with zero attached hydrogens (tertiary/aromatic N) is 2. The zero-order chi connectivity index (χ0) is 11.9. The lowest BCUT2D eigenvalue weighted by atomic mass is 9.97. The lowest BCUT2D eigenvalue weighted by Gasteiger charge is -2.09. The Morgan fingerprint density at radius 2 is 1.83 bits per heavy atom. The molecule has 0 radical (unpaired) electrons. The predicted octanol–water partition coefficient (Wildman–Crippen LogP) is 2.27. The maximum Gasteiger partial charge on any atom is 0.227 e. The van der Waals surface area contributed by atoms with Crippen molar-refractivity contribution >= 4 is 0 Å². The second-order valence-corrected chi connectivity index (χ2v) is 6.23. The molecular weight excluding hydrogens is 226 g/mol. The third-order valence-corrected chi connectivity index (χ3v) is 4.39. The summed E-state index contributed by atoms with van der Waals surface area (Å²) < 4.78 is 5.40. The maximum atomic E-state index is 5.40. The van der Waals surface area contributed by atoms with Gasteiger partial charge in [0.2, 0.25) is 5.89 Å². The second-order valence-electron chi connectivity index (χ2n) is 6.23. The van der Waals surface area contributed by atoms with E-state index in [2.05, 4.69) is 15.5 Å². The average molecular weight is 247 g/mol. The lowest BCUT2D eigenvalue weighted by molar-refractivity contribution is 0.361. The highest BCUT2D eigenvalue weighted by Crippen LogP contribution is 2.53. The Hall–Kier alpha value is -0.900. The minimum Gasteiger partial charge on any atom is -0.339 e. The van der Waals surface area contributed by atoms with E-state index in [4.69, 9.17) is 4.52 Å². The van der Waals surface area contributed by atoms with E-state index < -0.39 is 0 Å². The van der Waals surface area contributed by atoms with Crippen LogP contribution in [0.5, 0.6) is 0 Å². The standard InChI is InChI=1S/C14H21N3O/c1-2-9(1)13(10-3-4-10)14-16-12(18-17-14)7-8-15-11-5-6-11/h9-11,13,15H,1-8H2. The Kier molecular flexibility index (Phi) is 2.64. The zero-order valence-corrected chi connectivity index (χ0v) is 10.8. The fourth-order valence-corrected chi connectivity index (χ4v) is 2.89. The topological polar surface area (TPSA) is 51.0 Å². The first-order valence-electron chi connectivity index (χ1n) is 7.46. The van der Waals surface area contributed by atoms with Crippen molar-refractivity contribution < 1.29 is 4.52 Å². The van der Waals surface area contributed by atoms with Gasteiger partial charge < -0.3 is 9.84 Å². The van der Waals surface area contributed by atoms with Crippen molar-refractivity contribution in [1.82, 2.24) is 15.5 Å². The number of nitrogens with one attached hydrogen (secondary N) is 1. The first kappa shape index (κ1) is 11.0. The molecule has 3 aliphatic carbocycles. The van der Waals surface area contributed by atoms with Crippen molar-refractivity contribution in [3.8, 4) is 0 Å². The number of rotatable bonds is 7. The van der Waals surface area contributed by atoms with Crippen LogP contribution in [0.25, 0.3) is 0 Å². The molecule has 0 atom stereocenters. The zero-order valence-electron chi connectivity index (χ0n) is 10.8. The summed E-state index contributed by atoms with van der Waals surface area (Å²) >= 11 is 0. The molecule has 0 aliphatic heterocycles. The molecule has 1 aromatic rings. The van der Waals surface area contributed by atoms with Gasteiger partial charge in [-0.2, -0.15) is 4.98 Å². The van der Waals surface area contributed by atoms with Gasteiger partial charge in [0.15, 0.2) is 5.82 Å². The predicted molar refractivity (Wildman–Crippen MR) is 67.2 cm³/mol. The molecular formula is C14H21N3O. The smallest absolute Gasteiger partial charge is 0.227 e. The summed E-state index contributed by atoms with van der Waals surface area (Å²) in [5, 5.41) is 7.72. The van der Waals surface area contributed by atoms with Crippen molar-refractivity contribution in [3.63, 3.8) is 0 Å². The summed E-state index contributed by atoms with van der Waals surface area (Å²) in [6, 6.07) is 0.762. The quantitative estimate of drug-likeness (QED) is 0.803. The van der Waals surface area contributed by atoms with Gasteiger partial charge in [-0.05, 0) is 50.4 Å². The van der Waals surface area contributed by atoms with Crippen LogP contribution in [0.4, 0.5) is 0 Å². The number of hydrogen-bond acceptors (Lipinski definition) is 4. The Balaban J connectivity index is 1.37. The summed E-state index contributed by atoms with van der Waals surface area (Å²) in [5.74, 6) is 4.14. The van der Waals surface area contributed by atoms with Crippen LogP contribution in [-0.4, -0.2) is 22.7 Å². The van der Waals surface area contributed by atoms with E-state index >= 15 is 0 Å². The van der Waals surface area contributed by atoms with Gasteiger partial charge in [-0.15, -0.1) is 0 Å². The van der Waals surface area contributed by atoms with Crippen molar-refractivity contribution in [2.75, 3.05) is 6.54 Å². The Labute approximate surface area is 108 Å². The molecule has 3 saturated carbocycles. The normalized spacial score (nSPS) is 23.8. The van der Waals surface area contributed by atoms with E-state index in [1.54, 1.807) is 0 Å². The van der Waals surface area contributed by atoms with Gasteiger partial charge in [0, 0.05) is 24.9 Å². The molecule has 4 nitrogen and oxygen atoms in total. The molecule has 0 unspecified atom stereocenters. The van der Waals surface area contributed by atoms with Gasteiger partial charge in [0.25, 0.3) is 0 Å². The first-order valence-corrected chi connectivity index (χ1v) is 7.46. The Morgan fingerprint density at radius 3 is 2.44 bits per heavy atom. The van der Waals surface area contributed by atoms with Gasteiger partial charge in [-0.1, -0.05) is 5.16 Å².